The van der Waals surface area contributed by atoms with E-state index in [1.807, 2.05) is 96.9 Å². The third-order valence-corrected chi connectivity index (χ3v) is 20.9. The first-order valence-electron chi connectivity index (χ1n) is 38.9. The Morgan fingerprint density at radius 1 is 0.277 bits per heavy atom. The number of ether oxygens (including phenoxy) is 4. The molecule has 112 heavy (non-hydrogen) atoms. The summed E-state index contributed by atoms with van der Waals surface area (Å²) in [6.45, 7) is 58.2. The molecule has 6 amide bonds. The quantitative estimate of drug-likeness (QED) is 0.0305. The largest absolute Gasteiger partial charge is 1.00 e. The second-order valence-electron chi connectivity index (χ2n) is 32.8. The number of hydrogen-bond acceptors (Lipinski definition) is 21. The zero-order valence-electron chi connectivity index (χ0n) is 76.0. The predicted molar refractivity (Wildman–Crippen MR) is 416 cm³/mol. The molecule has 0 aromatic rings. The molecule has 0 spiro atoms. The van der Waals surface area contributed by atoms with Gasteiger partial charge in [-0.25, -0.2) is 0 Å². The van der Waals surface area contributed by atoms with Crippen LogP contribution in [0, 0.1) is 43.3 Å². The molecule has 0 aromatic carbocycles. The fourth-order valence-corrected chi connectivity index (χ4v) is 7.33. The van der Waals surface area contributed by atoms with Crippen LogP contribution >= 0.6 is 0 Å². The number of carbonyl (C=O) groups is 14. The van der Waals surface area contributed by atoms with Gasteiger partial charge in [-0.05, 0) is 207 Å². The van der Waals surface area contributed by atoms with E-state index in [9.17, 15) is 82.4 Å². The molecule has 0 atom stereocenters. The van der Waals surface area contributed by atoms with Crippen LogP contribution in [0.2, 0.25) is 0 Å². The average Bonchev–Trinajstić information content (AvgIpc) is 1.68. The van der Waals surface area contributed by atoms with Gasteiger partial charge in [0.15, 0.2) is 0 Å². The van der Waals surface area contributed by atoms with E-state index >= 15 is 0 Å². The summed E-state index contributed by atoms with van der Waals surface area (Å²) in [5.74, 6) is -5.57. The van der Waals surface area contributed by atoms with Gasteiger partial charge in [0.1, 0.15) is 6.61 Å². The molecule has 0 radical (unpaired) electrons. The Bertz CT molecular complexity index is 2850. The van der Waals surface area contributed by atoms with E-state index in [0.717, 1.165) is 88.4 Å². The van der Waals surface area contributed by atoms with Crippen LogP contribution in [0.4, 0.5) is 0 Å². The summed E-state index contributed by atoms with van der Waals surface area (Å²) in [6, 6.07) is 0. The molecule has 3 aliphatic rings. The molecule has 630 valence electrons. The van der Waals surface area contributed by atoms with E-state index < -0.39 is 61.8 Å². The zero-order valence-corrected chi connectivity index (χ0v) is 82.0. The van der Waals surface area contributed by atoms with Crippen LogP contribution < -0.4 is 104 Å². The van der Waals surface area contributed by atoms with Crippen LogP contribution in [0.1, 0.15) is 330 Å². The Hall–Kier alpha value is -4.60. The van der Waals surface area contributed by atoms with Gasteiger partial charge >= 0.3 is 119 Å². The number of aliphatic carboxylic acids is 4. The number of hydrogen-bond donors (Lipinski definition) is 1. The molecule has 3 aliphatic heterocycles. The number of imide groups is 3. The molecule has 0 bridgehead atoms. The SMILES string of the molecule is CCC(C)(C)C(=O)O.CCC(C)(C)C(=O)OCCCCCCN1C(=O)C(C)=C(C)C1=O.CCC(C)(C)C(=O)OCCCCCCN1C(=O)C(C)=C(C)C1=O.CCC(C)(C)C(=O)OCCN1C(=O)C(C)=C(C)C1=O.CCC(C)(C)C(=O)[O-].CCC(C)(C)C(=O)[O-].CCC(C)(C)C(=O)[O-].CCCCOC(=O)C(C)(C)CC.[Na+].[Na+].[Na+]. The normalized spacial score (nSPS) is 13.7. The minimum atomic E-state index is -0.972. The van der Waals surface area contributed by atoms with Crippen molar-refractivity contribution >= 4 is 83.2 Å². The second kappa shape index (κ2) is 59.1. The van der Waals surface area contributed by atoms with Gasteiger partial charge in [-0.2, -0.15) is 0 Å². The molecule has 0 unspecified atom stereocenters. The van der Waals surface area contributed by atoms with Gasteiger partial charge < -0.3 is 53.8 Å². The molecular formula is C84H144N3Na3O22. The molecule has 3 rings (SSSR count). The molecular weight excluding hydrogens is 1470 g/mol. The van der Waals surface area contributed by atoms with Gasteiger partial charge in [-0.1, -0.05) is 123 Å². The Labute approximate surface area is 739 Å². The molecule has 25 nitrogen and oxygen atoms in total. The molecule has 0 aromatic heterocycles. The Kier molecular flexibility index (Phi) is 65.0. The molecule has 0 saturated carbocycles. The predicted octanol–water partition coefficient (Wildman–Crippen LogP) is 3.94. The topological polar surface area (TPSA) is 375 Å². The Morgan fingerprint density at radius 3 is 0.616 bits per heavy atom. The third kappa shape index (κ3) is 45.8. The number of carboxylic acid groups (broad SMARTS) is 4. The van der Waals surface area contributed by atoms with Crippen molar-refractivity contribution in [1.29, 1.82) is 0 Å². The molecule has 1 N–H and O–H groups in total. The molecule has 28 heteroatoms. The number of amides is 6. The van der Waals surface area contributed by atoms with Crippen LogP contribution in [-0.4, -0.2) is 149 Å². The average molecular weight is 1620 g/mol. The van der Waals surface area contributed by atoms with Gasteiger partial charge in [-0.3, -0.25) is 67.4 Å². The number of unbranched alkanes of at least 4 members (excludes halogenated alkanes) is 7. The number of carboxylic acids is 4. The molecule has 3 heterocycles. The fourth-order valence-electron chi connectivity index (χ4n) is 7.33. The van der Waals surface area contributed by atoms with Gasteiger partial charge in [0.2, 0.25) is 0 Å². The van der Waals surface area contributed by atoms with E-state index in [1.54, 1.807) is 111 Å². The van der Waals surface area contributed by atoms with Crippen molar-refractivity contribution in [3.8, 4) is 0 Å². The first-order valence-corrected chi connectivity index (χ1v) is 38.9. The van der Waals surface area contributed by atoms with Crippen LogP contribution in [-0.2, 0) is 86.1 Å². The standard InChI is InChI=1S/2C18H29NO4.C14H21NO4.C10H20O2.4C6H12O2.3Na/c2*1-6-18(4,5)17(22)23-12-10-8-7-9-11-19-15(20)13(2)14(3)16(19)21;1-6-14(4,5)13(18)19-8-7-15-11(16)9(2)10(3)12(15)17;1-5-7-8-12-9(11)10(3,4)6-2;4*1-4-6(2,3)5(7)8;;;/h2*6-12H2,1-5H3;6-8H2,1-5H3;5-8H2,1-4H3;4*4H2,1-3H3,(H,7,8);;;/q;;;;;;;;3*+1/p-3. The number of rotatable bonds is 36. The van der Waals surface area contributed by atoms with Crippen LogP contribution in [0.15, 0.2) is 33.4 Å². The van der Waals surface area contributed by atoms with Crippen molar-refractivity contribution in [2.45, 2.75) is 330 Å². The fraction of sp³-hybridized carbons (Fsp3) is 0.762. The maximum absolute atomic E-state index is 11.9. The van der Waals surface area contributed by atoms with Gasteiger partial charge in [-0.15, -0.1) is 0 Å². The Balaban J connectivity index is -0.000000191. The zero-order chi connectivity index (χ0) is 86.8. The van der Waals surface area contributed by atoms with Gasteiger partial charge in [0.25, 0.3) is 35.4 Å². The van der Waals surface area contributed by atoms with E-state index in [0.29, 0.717) is 98.5 Å². The van der Waals surface area contributed by atoms with E-state index in [2.05, 4.69) is 6.92 Å². The van der Waals surface area contributed by atoms with Gasteiger partial charge in [0, 0.05) is 80.7 Å². The summed E-state index contributed by atoms with van der Waals surface area (Å²) in [4.78, 5) is 162. The van der Waals surface area contributed by atoms with Crippen LogP contribution in [0.5, 0.6) is 0 Å². The smallest absolute Gasteiger partial charge is 0.550 e. The third-order valence-electron chi connectivity index (χ3n) is 20.9. The monoisotopic (exact) mass is 1620 g/mol. The first kappa shape index (κ1) is 123. The number of nitrogens with zero attached hydrogens (tertiary/aromatic N) is 3. The molecule has 0 fully saturated rings. The summed E-state index contributed by atoms with van der Waals surface area (Å²) in [5.41, 5.74) is -1.04. The van der Waals surface area contributed by atoms with Crippen molar-refractivity contribution < 1.29 is 195 Å². The second-order valence-corrected chi connectivity index (χ2v) is 32.8. The minimum Gasteiger partial charge on any atom is -0.550 e. The van der Waals surface area contributed by atoms with Gasteiger partial charge in [0.05, 0.1) is 53.4 Å². The summed E-state index contributed by atoms with van der Waals surface area (Å²) in [6.07, 6.45) is 14.4. The first-order chi connectivity index (χ1) is 49.7. The summed E-state index contributed by atoms with van der Waals surface area (Å²) in [5, 5.41) is 38.9. The van der Waals surface area contributed by atoms with Crippen molar-refractivity contribution in [1.82, 2.24) is 14.7 Å². The molecule has 0 saturated heterocycles. The maximum Gasteiger partial charge on any atom is 1.00 e. The van der Waals surface area contributed by atoms with Crippen LogP contribution in [0.3, 0.4) is 0 Å². The van der Waals surface area contributed by atoms with Crippen molar-refractivity contribution in [2.75, 3.05) is 46.1 Å². The van der Waals surface area contributed by atoms with E-state index in [-0.39, 0.29) is 167 Å². The van der Waals surface area contributed by atoms with E-state index in [4.69, 9.17) is 24.1 Å². The number of esters is 4. The number of carbonyl (C=O) groups excluding carboxylic acids is 13. The minimum absolute atomic E-state index is 0. The summed E-state index contributed by atoms with van der Waals surface area (Å²) in [7, 11) is 0. The van der Waals surface area contributed by atoms with E-state index in [1.165, 1.54) is 9.80 Å². The molecule has 0 aliphatic carbocycles. The summed E-state index contributed by atoms with van der Waals surface area (Å²) >= 11 is 0. The van der Waals surface area contributed by atoms with Crippen molar-refractivity contribution in [3.05, 3.63) is 33.4 Å². The maximum atomic E-state index is 11.9. The Morgan fingerprint density at radius 2 is 0.455 bits per heavy atom. The van der Waals surface area contributed by atoms with Crippen LogP contribution in [0.25, 0.3) is 0 Å². The summed E-state index contributed by atoms with van der Waals surface area (Å²) < 4.78 is 20.8. The van der Waals surface area contributed by atoms with Crippen molar-refractivity contribution in [3.63, 3.8) is 0 Å². The van der Waals surface area contributed by atoms with Crippen molar-refractivity contribution in [2.24, 2.45) is 43.3 Å².